The van der Waals surface area contributed by atoms with Crippen LogP contribution in [0.1, 0.15) is 5.56 Å². The van der Waals surface area contributed by atoms with Gasteiger partial charge in [0.25, 0.3) is 0 Å². The van der Waals surface area contributed by atoms with Crippen LogP contribution in [-0.2, 0) is 25.4 Å². The zero-order valence-corrected chi connectivity index (χ0v) is 12.3. The zero-order chi connectivity index (χ0) is 15.1. The smallest absolute Gasteiger partial charge is 0.231 e. The number of ether oxygens (including phenoxy) is 3. The number of benzene rings is 1. The number of nitrogen functional groups attached to an aromatic ring is 1. The number of amides is 1. The number of anilines is 2. The monoisotopic (exact) mass is 294 g/mol. The molecule has 1 heterocycles. The number of carbonyl (C=O) groups excluding carboxylic acids is 1. The van der Waals surface area contributed by atoms with Crippen molar-refractivity contribution in [2.75, 3.05) is 57.3 Å². The predicted molar refractivity (Wildman–Crippen MR) is 80.4 cm³/mol. The lowest BCUT2D eigenvalue weighted by Gasteiger charge is -2.17. The lowest BCUT2D eigenvalue weighted by atomic mass is 10.1. The fourth-order valence-electron chi connectivity index (χ4n) is 2.27. The minimum atomic E-state index is 0.0931. The lowest BCUT2D eigenvalue weighted by molar-refractivity contribution is -0.117. The van der Waals surface area contributed by atoms with Crippen LogP contribution in [0.5, 0.6) is 0 Å². The van der Waals surface area contributed by atoms with Gasteiger partial charge in [-0.15, -0.1) is 0 Å². The Bertz CT molecular complexity index is 479. The van der Waals surface area contributed by atoms with E-state index >= 15 is 0 Å². The van der Waals surface area contributed by atoms with Gasteiger partial charge >= 0.3 is 0 Å². The van der Waals surface area contributed by atoms with Crippen molar-refractivity contribution in [3.8, 4) is 0 Å². The number of nitrogens with zero attached hydrogens (tertiary/aromatic N) is 1. The van der Waals surface area contributed by atoms with Crippen LogP contribution < -0.4 is 10.6 Å². The first kappa shape index (κ1) is 15.8. The maximum Gasteiger partial charge on any atom is 0.231 e. The van der Waals surface area contributed by atoms with Crippen molar-refractivity contribution in [2.45, 2.75) is 6.42 Å². The molecule has 2 rings (SSSR count). The molecule has 0 bridgehead atoms. The molecule has 21 heavy (non-hydrogen) atoms. The minimum absolute atomic E-state index is 0.0931. The number of nitrogens with two attached hydrogens (primary N) is 1. The molecule has 1 aromatic rings. The number of hydrogen-bond acceptors (Lipinski definition) is 5. The molecule has 0 unspecified atom stereocenters. The number of carbonyl (C=O) groups is 1. The van der Waals surface area contributed by atoms with Gasteiger partial charge in [0.15, 0.2) is 0 Å². The number of hydrogen-bond donors (Lipinski definition) is 1. The highest BCUT2D eigenvalue weighted by Gasteiger charge is 2.26. The molecule has 2 N–H and O–H groups in total. The summed E-state index contributed by atoms with van der Waals surface area (Å²) in [6.07, 6.45) is 0.417. The Labute approximate surface area is 124 Å². The number of methoxy groups -OCH3 is 1. The molecule has 0 saturated heterocycles. The Morgan fingerprint density at radius 2 is 1.86 bits per heavy atom. The molecule has 1 aliphatic heterocycles. The highest BCUT2D eigenvalue weighted by Crippen LogP contribution is 2.30. The van der Waals surface area contributed by atoms with Gasteiger partial charge in [0.2, 0.25) is 5.91 Å². The molecule has 1 amide bonds. The Hall–Kier alpha value is -1.63. The van der Waals surface area contributed by atoms with Gasteiger partial charge in [0.05, 0.1) is 39.5 Å². The maximum absolute atomic E-state index is 12.0. The van der Waals surface area contributed by atoms with Crippen molar-refractivity contribution in [3.05, 3.63) is 23.8 Å². The van der Waals surface area contributed by atoms with E-state index in [1.165, 1.54) is 0 Å². The van der Waals surface area contributed by atoms with E-state index < -0.39 is 0 Å². The molecule has 116 valence electrons. The number of rotatable bonds is 9. The van der Waals surface area contributed by atoms with E-state index in [0.717, 1.165) is 11.3 Å². The summed E-state index contributed by atoms with van der Waals surface area (Å²) in [5.74, 6) is 0.0931. The molecule has 0 spiro atoms. The summed E-state index contributed by atoms with van der Waals surface area (Å²) in [6, 6.07) is 5.57. The summed E-state index contributed by atoms with van der Waals surface area (Å²) in [5, 5.41) is 0. The molecule has 6 heteroatoms. The van der Waals surface area contributed by atoms with Crippen LogP contribution in [-0.4, -0.2) is 52.6 Å². The van der Waals surface area contributed by atoms with E-state index in [4.69, 9.17) is 19.9 Å². The van der Waals surface area contributed by atoms with E-state index in [-0.39, 0.29) is 5.91 Å². The van der Waals surface area contributed by atoms with Crippen LogP contribution in [0.2, 0.25) is 0 Å². The average molecular weight is 294 g/mol. The van der Waals surface area contributed by atoms with Crippen molar-refractivity contribution in [1.29, 1.82) is 0 Å². The summed E-state index contributed by atoms with van der Waals surface area (Å²) in [4.78, 5) is 13.7. The minimum Gasteiger partial charge on any atom is -0.399 e. The largest absolute Gasteiger partial charge is 0.399 e. The first-order chi connectivity index (χ1) is 10.2. The highest BCUT2D eigenvalue weighted by atomic mass is 16.5. The van der Waals surface area contributed by atoms with Gasteiger partial charge in [-0.3, -0.25) is 4.79 Å². The van der Waals surface area contributed by atoms with Crippen LogP contribution in [0.3, 0.4) is 0 Å². The Morgan fingerprint density at radius 1 is 1.14 bits per heavy atom. The van der Waals surface area contributed by atoms with Crippen LogP contribution in [0.25, 0.3) is 0 Å². The topological polar surface area (TPSA) is 74.0 Å². The second-order valence-electron chi connectivity index (χ2n) is 4.83. The molecule has 0 atom stereocenters. The average Bonchev–Trinajstić information content (AvgIpc) is 2.76. The molecule has 6 nitrogen and oxygen atoms in total. The van der Waals surface area contributed by atoms with Crippen molar-refractivity contribution < 1.29 is 19.0 Å². The fraction of sp³-hybridized carbons (Fsp3) is 0.533. The van der Waals surface area contributed by atoms with Gasteiger partial charge in [-0.25, -0.2) is 0 Å². The van der Waals surface area contributed by atoms with Crippen molar-refractivity contribution >= 4 is 17.3 Å². The van der Waals surface area contributed by atoms with Crippen LogP contribution in [0, 0.1) is 0 Å². The van der Waals surface area contributed by atoms with Crippen LogP contribution >= 0.6 is 0 Å². The Balaban J connectivity index is 1.69. The SMILES string of the molecule is COCCOCCOCCN1C(=O)Cc2cc(N)ccc21. The quantitative estimate of drug-likeness (QED) is 0.539. The van der Waals surface area contributed by atoms with Gasteiger partial charge in [-0.05, 0) is 23.8 Å². The van der Waals surface area contributed by atoms with Gasteiger partial charge in [0.1, 0.15) is 0 Å². The first-order valence-corrected chi connectivity index (χ1v) is 7.05. The zero-order valence-electron chi connectivity index (χ0n) is 12.3. The molecule has 0 radical (unpaired) electrons. The van der Waals surface area contributed by atoms with Gasteiger partial charge in [-0.2, -0.15) is 0 Å². The van der Waals surface area contributed by atoms with Crippen molar-refractivity contribution in [2.24, 2.45) is 0 Å². The molecule has 0 aliphatic carbocycles. The summed E-state index contributed by atoms with van der Waals surface area (Å²) < 4.78 is 15.6. The molecular formula is C15H22N2O4. The fourth-order valence-corrected chi connectivity index (χ4v) is 2.27. The molecule has 0 saturated carbocycles. The predicted octanol–water partition coefficient (Wildman–Crippen LogP) is 0.838. The first-order valence-electron chi connectivity index (χ1n) is 7.05. The summed E-state index contributed by atoms with van der Waals surface area (Å²) in [5.41, 5.74) is 8.35. The number of fused-ring (bicyclic) bond motifs is 1. The van der Waals surface area contributed by atoms with E-state index in [0.29, 0.717) is 51.7 Å². The Morgan fingerprint density at radius 3 is 2.62 bits per heavy atom. The molecule has 1 aromatic carbocycles. The lowest BCUT2D eigenvalue weighted by Crippen LogP contribution is -2.30. The van der Waals surface area contributed by atoms with Gasteiger partial charge in [0, 0.05) is 25.0 Å². The third-order valence-electron chi connectivity index (χ3n) is 3.30. The third kappa shape index (κ3) is 4.42. The van der Waals surface area contributed by atoms with Crippen LogP contribution in [0.15, 0.2) is 18.2 Å². The summed E-state index contributed by atoms with van der Waals surface area (Å²) in [7, 11) is 1.64. The van der Waals surface area contributed by atoms with E-state index in [1.807, 2.05) is 18.2 Å². The summed E-state index contributed by atoms with van der Waals surface area (Å²) >= 11 is 0. The highest BCUT2D eigenvalue weighted by molar-refractivity contribution is 6.01. The molecular weight excluding hydrogens is 272 g/mol. The normalized spacial score (nSPS) is 13.8. The van der Waals surface area contributed by atoms with Gasteiger partial charge in [-0.1, -0.05) is 0 Å². The van der Waals surface area contributed by atoms with Crippen LogP contribution in [0.4, 0.5) is 11.4 Å². The molecule has 0 fully saturated rings. The molecule has 1 aliphatic rings. The second kappa shape index (κ2) is 7.97. The molecule has 0 aromatic heterocycles. The van der Waals surface area contributed by atoms with Crippen molar-refractivity contribution in [1.82, 2.24) is 0 Å². The van der Waals surface area contributed by atoms with Crippen molar-refractivity contribution in [3.63, 3.8) is 0 Å². The van der Waals surface area contributed by atoms with Gasteiger partial charge < -0.3 is 24.8 Å². The van der Waals surface area contributed by atoms with E-state index in [1.54, 1.807) is 12.0 Å². The van der Waals surface area contributed by atoms with E-state index in [2.05, 4.69) is 0 Å². The standard InChI is InChI=1S/C15H22N2O4/c1-19-6-7-21-9-8-20-5-4-17-14-3-2-13(16)10-12(14)11-15(17)18/h2-3,10H,4-9,11,16H2,1H3. The van der Waals surface area contributed by atoms with E-state index in [9.17, 15) is 4.79 Å². The third-order valence-corrected chi connectivity index (χ3v) is 3.30. The maximum atomic E-state index is 12.0. The second-order valence-corrected chi connectivity index (χ2v) is 4.83. The Kier molecular flexibility index (Phi) is 5.98. The summed E-state index contributed by atoms with van der Waals surface area (Å²) in [6.45, 7) is 3.24.